The predicted molar refractivity (Wildman–Crippen MR) is 422 cm³/mol. The molecule has 3 aliphatic carbocycles. The molecule has 2 aromatic carbocycles. The number of hydrogen-bond acceptors (Lipinski definition) is 18. The maximum atomic E-state index is 15.0. The molecule has 23 nitrogen and oxygen atoms in total. The van der Waals surface area contributed by atoms with E-state index in [1.165, 1.54) is 49.7 Å². The van der Waals surface area contributed by atoms with E-state index in [1.807, 2.05) is 172 Å². The average Bonchev–Trinajstić information content (AvgIpc) is 1.61. The van der Waals surface area contributed by atoms with Crippen LogP contribution in [-0.2, 0) is 0 Å². The topological polar surface area (TPSA) is 282 Å². The molecule has 24 heteroatoms. The molecule has 0 bridgehead atoms. The predicted octanol–water partition coefficient (Wildman–Crippen LogP) is 15.6. The number of aromatic nitrogens is 15. The second kappa shape index (κ2) is 33.7. The normalized spacial score (nSPS) is 21.5. The van der Waals surface area contributed by atoms with Gasteiger partial charge in [0.2, 0.25) is 17.6 Å². The van der Waals surface area contributed by atoms with Gasteiger partial charge in [-0.05, 0) is 141 Å². The monoisotopic (exact) mass is 1510 g/mol. The minimum absolute atomic E-state index is 0.0360. The van der Waals surface area contributed by atoms with Gasteiger partial charge >= 0.3 is 0 Å². The number of aliphatic hydroxyl groups excluding tert-OH is 5. The summed E-state index contributed by atoms with van der Waals surface area (Å²) in [6.45, 7) is 0. The number of alkyl halides is 1. The molecule has 0 amide bonds. The van der Waals surface area contributed by atoms with Crippen LogP contribution in [0.2, 0.25) is 0 Å². The van der Waals surface area contributed by atoms with Crippen LogP contribution in [0.3, 0.4) is 0 Å². The van der Waals surface area contributed by atoms with Gasteiger partial charge in [-0.25, -0.2) is 44.3 Å². The summed E-state index contributed by atoms with van der Waals surface area (Å²) in [5, 5.41) is 52.2. The first-order valence-electron chi connectivity index (χ1n) is 39.7. The Morgan fingerprint density at radius 2 is 0.750 bits per heavy atom. The third kappa shape index (κ3) is 15.6. The van der Waals surface area contributed by atoms with Crippen LogP contribution in [0.4, 0.5) is 4.39 Å². The minimum Gasteiger partial charge on any atom is -0.481 e. The van der Waals surface area contributed by atoms with Crippen LogP contribution in [0.25, 0.3) is 56.3 Å². The van der Waals surface area contributed by atoms with E-state index < -0.39 is 17.9 Å². The summed E-state index contributed by atoms with van der Waals surface area (Å²) in [5.41, 5.74) is 17.0. The molecule has 12 aromatic rings. The van der Waals surface area contributed by atoms with Crippen molar-refractivity contribution in [2.75, 3.05) is 21.3 Å². The Morgan fingerprint density at radius 3 is 1.12 bits per heavy atom. The summed E-state index contributed by atoms with van der Waals surface area (Å²) in [7, 11) is 4.87. The number of nitrogens with zero attached hydrogens (tertiary/aromatic N) is 15. The van der Waals surface area contributed by atoms with Crippen molar-refractivity contribution in [3.05, 3.63) is 236 Å². The van der Waals surface area contributed by atoms with Crippen molar-refractivity contribution in [2.45, 2.75) is 195 Å². The van der Waals surface area contributed by atoms with E-state index in [2.05, 4.69) is 84.8 Å². The van der Waals surface area contributed by atoms with E-state index in [-0.39, 0.29) is 48.5 Å². The Hall–Kier alpha value is -10.6. The number of rotatable bonds is 18. The molecule has 0 spiro atoms. The van der Waals surface area contributed by atoms with E-state index in [0.29, 0.717) is 80.8 Å². The smallest absolute Gasteiger partial charge is 0.213 e. The van der Waals surface area contributed by atoms with Gasteiger partial charge in [-0.15, -0.1) is 0 Å². The number of imidazole rings is 5. The van der Waals surface area contributed by atoms with Crippen LogP contribution in [0.5, 0.6) is 17.6 Å². The van der Waals surface area contributed by atoms with Gasteiger partial charge in [0.25, 0.3) is 0 Å². The standard InChI is InChI=1S/C18H22FN3O2.2C18H23N3O2.2C17H15N3O/c1-24-17-8-13-14(9-21-17)16-10-20-11-22(16)15(13)4-7-18(19)5-2-12(23)3-6-18;2*1-23-18-7-13-14(9-20-18)16-10-19-11-21(16)15(13)8-17(22)12-5-3-2-4-6-12;2*21-16(12-5-2-1-3-6-12)9-14-17-13(7-4-8-19-17)15-10-18-11-20(14)15/h8-12,15,23H,2-7H2,1H3;2*7,9-12,15,17,22H,2-6,8H2,1H3;2*1-8,10-11,14,16,21H,9H2. The maximum absolute atomic E-state index is 15.0. The average molecular weight is 1510 g/mol. The van der Waals surface area contributed by atoms with E-state index in [9.17, 15) is 25.5 Å². The lowest BCUT2D eigenvalue weighted by atomic mass is 9.80. The van der Waals surface area contributed by atoms with Crippen LogP contribution in [-0.4, -0.2) is 144 Å². The largest absolute Gasteiger partial charge is 0.481 e. The van der Waals surface area contributed by atoms with Gasteiger partial charge in [-0.2, -0.15) is 0 Å². The quantitative estimate of drug-likeness (QED) is 0.0534. The molecule has 15 heterocycles. The van der Waals surface area contributed by atoms with E-state index in [0.717, 1.165) is 123 Å². The lowest BCUT2D eigenvalue weighted by Gasteiger charge is -2.33. The van der Waals surface area contributed by atoms with Crippen LogP contribution in [0.1, 0.15) is 210 Å². The molecule has 3 saturated carbocycles. The van der Waals surface area contributed by atoms with E-state index >= 15 is 4.39 Å². The number of hydrogen-bond donors (Lipinski definition) is 5. The lowest BCUT2D eigenvalue weighted by molar-refractivity contribution is 0.0253. The molecule has 8 aliphatic rings. The highest BCUT2D eigenvalue weighted by Crippen LogP contribution is 2.50. The van der Waals surface area contributed by atoms with Crippen LogP contribution < -0.4 is 14.2 Å². The van der Waals surface area contributed by atoms with Crippen molar-refractivity contribution in [3.63, 3.8) is 0 Å². The zero-order chi connectivity index (χ0) is 76.8. The summed E-state index contributed by atoms with van der Waals surface area (Å²) in [6, 6.07) is 33.8. The Labute approximate surface area is 651 Å². The van der Waals surface area contributed by atoms with Crippen molar-refractivity contribution in [2.24, 2.45) is 11.8 Å². The second-order valence-corrected chi connectivity index (χ2v) is 31.0. The van der Waals surface area contributed by atoms with Gasteiger partial charge in [0.1, 0.15) is 5.67 Å². The summed E-state index contributed by atoms with van der Waals surface area (Å²) < 4.78 is 41.5. The van der Waals surface area contributed by atoms with Crippen LogP contribution in [0.15, 0.2) is 197 Å². The van der Waals surface area contributed by atoms with Crippen molar-refractivity contribution in [1.29, 1.82) is 0 Å². The third-order valence-electron chi connectivity index (χ3n) is 24.4. The summed E-state index contributed by atoms with van der Waals surface area (Å²) in [6.07, 6.45) is 43.8. The SMILES string of the molecule is COc1cc2c(cn1)-c1cncn1C2CC(O)C1CCCCC1.COc1cc2c(cn1)-c1cncn1C2CC(O)C1CCCCC1.COc1cc2c(cn1)-c1cncn1C2CCC1(F)CCC(O)CC1.OC(CC1c2ncccc2-c2cncn21)c1ccccc1.OC(CC1c2ncccc2-c2cncn21)c1ccccc1. The number of methoxy groups -OCH3 is 3. The van der Waals surface area contributed by atoms with Crippen molar-refractivity contribution >= 4 is 0 Å². The number of fused-ring (bicyclic) bond motifs is 15. The summed E-state index contributed by atoms with van der Waals surface area (Å²) in [5.74, 6) is 2.69. The fourth-order valence-electron chi connectivity index (χ4n) is 18.4. The molecule has 20 rings (SSSR count). The fourth-order valence-corrected chi connectivity index (χ4v) is 18.4. The Bertz CT molecular complexity index is 4870. The Kier molecular flexibility index (Phi) is 22.7. The first-order valence-corrected chi connectivity index (χ1v) is 39.7. The zero-order valence-corrected chi connectivity index (χ0v) is 63.6. The van der Waals surface area contributed by atoms with Crippen LogP contribution >= 0.6 is 0 Å². The Balaban J connectivity index is 0.000000106. The highest BCUT2D eigenvalue weighted by atomic mass is 19.1. The highest BCUT2D eigenvalue weighted by Gasteiger charge is 2.40. The number of ether oxygens (including phenoxy) is 3. The van der Waals surface area contributed by atoms with Gasteiger partial charge in [-0.1, -0.05) is 99.2 Å². The molecular weight excluding hydrogens is 1410 g/mol. The Morgan fingerprint density at radius 1 is 0.402 bits per heavy atom. The van der Waals surface area contributed by atoms with Crippen molar-refractivity contribution in [3.8, 4) is 73.9 Å². The van der Waals surface area contributed by atoms with Crippen LogP contribution in [0, 0.1) is 11.8 Å². The van der Waals surface area contributed by atoms with Gasteiger partial charge in [0.15, 0.2) is 0 Å². The highest BCUT2D eigenvalue weighted by molar-refractivity contribution is 5.72. The molecule has 0 saturated heterocycles. The minimum atomic E-state index is -1.17. The molecule has 580 valence electrons. The van der Waals surface area contributed by atoms with Gasteiger partial charge in [0.05, 0.1) is 185 Å². The number of benzene rings is 2. The van der Waals surface area contributed by atoms with E-state index in [1.54, 1.807) is 33.7 Å². The molecule has 9 atom stereocenters. The maximum Gasteiger partial charge on any atom is 0.213 e. The van der Waals surface area contributed by atoms with Gasteiger partial charge in [0, 0.05) is 89.8 Å². The summed E-state index contributed by atoms with van der Waals surface area (Å²) in [4.78, 5) is 43.2. The van der Waals surface area contributed by atoms with E-state index in [4.69, 9.17) is 14.2 Å². The molecule has 10 aromatic heterocycles. The van der Waals surface area contributed by atoms with Gasteiger partial charge < -0.3 is 62.6 Å². The number of halogens is 1. The zero-order valence-electron chi connectivity index (χ0n) is 63.6. The van der Waals surface area contributed by atoms with Crippen molar-refractivity contribution < 1.29 is 44.1 Å². The molecule has 3 fully saturated rings. The van der Waals surface area contributed by atoms with Gasteiger partial charge in [-0.3, -0.25) is 9.97 Å². The third-order valence-corrected chi connectivity index (χ3v) is 24.4. The molecule has 9 unspecified atom stereocenters. The number of pyridine rings is 5. The summed E-state index contributed by atoms with van der Waals surface area (Å²) >= 11 is 0. The number of aliphatic hydroxyl groups is 5. The lowest BCUT2D eigenvalue weighted by Crippen LogP contribution is -2.32. The first kappa shape index (κ1) is 75.4. The molecule has 0 radical (unpaired) electrons. The fraction of sp³-hybridized carbons (Fsp3) is 0.409. The molecule has 112 heavy (non-hydrogen) atoms. The first-order chi connectivity index (χ1) is 54.8. The molecule has 5 aliphatic heterocycles. The molecule has 5 N–H and O–H groups in total. The van der Waals surface area contributed by atoms with Crippen molar-refractivity contribution in [1.82, 2.24) is 72.7 Å². The molecular formula is C88H98FN15O8. The second-order valence-electron chi connectivity index (χ2n) is 31.0.